The Hall–Kier alpha value is -3.38. The summed E-state index contributed by atoms with van der Waals surface area (Å²) in [7, 11) is 0. The van der Waals surface area contributed by atoms with Crippen LogP contribution in [0.5, 0.6) is 11.5 Å². The lowest BCUT2D eigenvalue weighted by atomic mass is 9.83. The Morgan fingerprint density at radius 1 is 1.03 bits per heavy atom. The number of fused-ring (bicyclic) bond motifs is 1. The first kappa shape index (κ1) is 24.0. The summed E-state index contributed by atoms with van der Waals surface area (Å²) < 4.78 is 18.5. The molecule has 3 aromatic carbocycles. The third-order valence-corrected chi connectivity index (χ3v) is 8.08. The highest BCUT2D eigenvalue weighted by atomic mass is 19.1. The van der Waals surface area contributed by atoms with Gasteiger partial charge in [-0.1, -0.05) is 36.4 Å². The minimum atomic E-state index is -0.272. The number of halogens is 1. The van der Waals surface area contributed by atoms with Crippen molar-refractivity contribution in [3.8, 4) is 11.5 Å². The van der Waals surface area contributed by atoms with Crippen LogP contribution in [-0.2, 0) is 12.8 Å². The maximum absolute atomic E-state index is 13.9. The number of amides is 1. The molecule has 1 spiro atoms. The van der Waals surface area contributed by atoms with Gasteiger partial charge >= 0.3 is 0 Å². The summed E-state index contributed by atoms with van der Waals surface area (Å²) in [5.41, 5.74) is 3.92. The van der Waals surface area contributed by atoms with E-state index in [9.17, 15) is 14.3 Å². The first-order chi connectivity index (χ1) is 18.0. The quantitative estimate of drug-likeness (QED) is 0.454. The van der Waals surface area contributed by atoms with Crippen LogP contribution in [0, 0.1) is 0 Å². The molecule has 5 nitrogen and oxygen atoms in total. The summed E-state index contributed by atoms with van der Waals surface area (Å²) in [6.07, 6.45) is 4.16. The molecule has 3 aliphatic rings. The smallest absolute Gasteiger partial charge is 0.254 e. The van der Waals surface area contributed by atoms with Gasteiger partial charge in [0.15, 0.2) is 0 Å². The van der Waals surface area contributed by atoms with E-state index in [2.05, 4.69) is 21.9 Å². The van der Waals surface area contributed by atoms with Crippen molar-refractivity contribution < 1.29 is 19.0 Å². The number of carbonyl (C=O) groups is 1. The van der Waals surface area contributed by atoms with Crippen molar-refractivity contribution in [2.75, 3.05) is 26.3 Å². The molecule has 2 heterocycles. The van der Waals surface area contributed by atoms with Gasteiger partial charge in [0.2, 0.25) is 0 Å². The van der Waals surface area contributed by atoms with Gasteiger partial charge in [-0.05, 0) is 85.2 Å². The molecule has 1 N–H and O–H groups in total. The summed E-state index contributed by atoms with van der Waals surface area (Å²) >= 11 is 0. The zero-order valence-corrected chi connectivity index (χ0v) is 21.0. The SMILES string of the molecule is O=C(c1ccccc1)N1C(Cc2ccc(OC3CN(CCCF)C3)cc2)c2ccc(O)cc2CC12CC2. The zero-order chi connectivity index (χ0) is 25.4. The van der Waals surface area contributed by atoms with E-state index in [1.54, 1.807) is 6.07 Å². The van der Waals surface area contributed by atoms with Crippen LogP contribution in [0.3, 0.4) is 0 Å². The van der Waals surface area contributed by atoms with Crippen molar-refractivity contribution in [1.82, 2.24) is 9.80 Å². The van der Waals surface area contributed by atoms with E-state index in [1.165, 1.54) is 0 Å². The van der Waals surface area contributed by atoms with Gasteiger partial charge in [0.25, 0.3) is 5.91 Å². The largest absolute Gasteiger partial charge is 0.508 e. The number of phenolic OH excluding ortho intramolecular Hbond substituents is 1. The van der Waals surface area contributed by atoms with Gasteiger partial charge in [-0.15, -0.1) is 0 Å². The number of alkyl halides is 1. The summed E-state index contributed by atoms with van der Waals surface area (Å²) in [6, 6.07) is 23.2. The fourth-order valence-corrected chi connectivity index (χ4v) is 6.00. The van der Waals surface area contributed by atoms with Crippen molar-refractivity contribution in [2.45, 2.75) is 49.8 Å². The average molecular weight is 501 g/mol. The Balaban J connectivity index is 1.23. The highest BCUT2D eigenvalue weighted by Crippen LogP contribution is 2.54. The van der Waals surface area contributed by atoms with Crippen molar-refractivity contribution in [2.24, 2.45) is 0 Å². The Kier molecular flexibility index (Phi) is 6.37. The molecular weight excluding hydrogens is 467 g/mol. The van der Waals surface area contributed by atoms with E-state index >= 15 is 0 Å². The van der Waals surface area contributed by atoms with E-state index < -0.39 is 0 Å². The predicted molar refractivity (Wildman–Crippen MR) is 141 cm³/mol. The number of benzene rings is 3. The zero-order valence-electron chi connectivity index (χ0n) is 21.0. The minimum Gasteiger partial charge on any atom is -0.508 e. The fraction of sp³-hybridized carbons (Fsp3) is 0.387. The van der Waals surface area contributed by atoms with Gasteiger partial charge in [0.05, 0.1) is 12.7 Å². The molecule has 0 aromatic heterocycles. The number of phenols is 1. The van der Waals surface area contributed by atoms with Crippen molar-refractivity contribution >= 4 is 5.91 Å². The fourth-order valence-electron chi connectivity index (χ4n) is 6.00. The second-order valence-electron chi connectivity index (χ2n) is 10.7. The van der Waals surface area contributed by atoms with E-state index in [0.717, 1.165) is 61.3 Å². The molecule has 1 saturated carbocycles. The summed E-state index contributed by atoms with van der Waals surface area (Å²) in [5, 5.41) is 10.2. The van der Waals surface area contributed by atoms with Crippen LogP contribution < -0.4 is 4.74 Å². The first-order valence-corrected chi connectivity index (χ1v) is 13.3. The summed E-state index contributed by atoms with van der Waals surface area (Å²) in [6.45, 7) is 2.19. The Morgan fingerprint density at radius 2 is 1.78 bits per heavy atom. The standard InChI is InChI=1S/C31H33FN2O3/c32-15-4-16-33-20-27(21-33)37-26-10-7-22(8-11-26)17-29-28-12-9-25(35)18-24(28)19-31(13-14-31)34(29)30(36)23-5-2-1-3-6-23/h1-3,5-12,18,27,29,35H,4,13-17,19-21H2. The van der Waals surface area contributed by atoms with Gasteiger partial charge in [-0.25, -0.2) is 0 Å². The maximum atomic E-state index is 13.9. The molecule has 1 unspecified atom stereocenters. The number of hydrogen-bond donors (Lipinski definition) is 1. The molecule has 1 aliphatic carbocycles. The topological polar surface area (TPSA) is 53.0 Å². The lowest BCUT2D eigenvalue weighted by Crippen LogP contribution is -2.53. The predicted octanol–water partition coefficient (Wildman–Crippen LogP) is 5.33. The van der Waals surface area contributed by atoms with E-state index in [-0.39, 0.29) is 36.0 Å². The molecule has 192 valence electrons. The molecule has 1 atom stereocenters. The van der Waals surface area contributed by atoms with Crippen molar-refractivity contribution in [3.05, 3.63) is 95.1 Å². The number of nitrogens with zero attached hydrogens (tertiary/aromatic N) is 2. The number of likely N-dealkylation sites (tertiary alicyclic amines) is 1. The lowest BCUT2D eigenvalue weighted by Gasteiger charge is -2.44. The van der Waals surface area contributed by atoms with Crippen LogP contribution in [0.1, 0.15) is 52.4 Å². The number of rotatable bonds is 8. The number of aromatic hydroxyl groups is 1. The monoisotopic (exact) mass is 500 g/mol. The van der Waals surface area contributed by atoms with Gasteiger partial charge < -0.3 is 14.7 Å². The molecule has 2 fully saturated rings. The number of ether oxygens (including phenoxy) is 1. The van der Waals surface area contributed by atoms with Crippen LogP contribution in [0.4, 0.5) is 4.39 Å². The van der Waals surface area contributed by atoms with Crippen LogP contribution in [0.2, 0.25) is 0 Å². The molecule has 37 heavy (non-hydrogen) atoms. The second-order valence-corrected chi connectivity index (χ2v) is 10.7. The third kappa shape index (κ3) is 4.82. The van der Waals surface area contributed by atoms with Crippen LogP contribution in [0.25, 0.3) is 0 Å². The Labute approximate surface area is 217 Å². The van der Waals surface area contributed by atoms with E-state index in [4.69, 9.17) is 4.74 Å². The normalized spacial score (nSPS) is 20.4. The van der Waals surface area contributed by atoms with Crippen LogP contribution in [-0.4, -0.2) is 58.8 Å². The molecule has 0 bridgehead atoms. The van der Waals surface area contributed by atoms with Gasteiger partial charge in [-0.3, -0.25) is 14.1 Å². The molecule has 2 aliphatic heterocycles. The summed E-state index contributed by atoms with van der Waals surface area (Å²) in [5.74, 6) is 1.18. The summed E-state index contributed by atoms with van der Waals surface area (Å²) in [4.78, 5) is 18.2. The first-order valence-electron chi connectivity index (χ1n) is 13.3. The highest BCUT2D eigenvalue weighted by molar-refractivity contribution is 5.95. The van der Waals surface area contributed by atoms with E-state index in [1.807, 2.05) is 54.6 Å². The molecule has 3 aromatic rings. The Bertz CT molecular complexity index is 1250. The Morgan fingerprint density at radius 3 is 2.49 bits per heavy atom. The average Bonchev–Trinajstić information content (AvgIpc) is 3.65. The molecular formula is C31H33FN2O3. The molecule has 1 saturated heterocycles. The van der Waals surface area contributed by atoms with Crippen molar-refractivity contribution in [1.29, 1.82) is 0 Å². The van der Waals surface area contributed by atoms with Crippen LogP contribution >= 0.6 is 0 Å². The molecule has 0 radical (unpaired) electrons. The number of hydrogen-bond acceptors (Lipinski definition) is 4. The van der Waals surface area contributed by atoms with Gasteiger partial charge in [0.1, 0.15) is 17.6 Å². The second kappa shape index (κ2) is 9.82. The third-order valence-electron chi connectivity index (χ3n) is 8.08. The van der Waals surface area contributed by atoms with E-state index in [0.29, 0.717) is 18.4 Å². The van der Waals surface area contributed by atoms with Crippen LogP contribution in [0.15, 0.2) is 72.8 Å². The van der Waals surface area contributed by atoms with Crippen molar-refractivity contribution in [3.63, 3.8) is 0 Å². The van der Waals surface area contributed by atoms with Gasteiger partial charge in [-0.2, -0.15) is 0 Å². The molecule has 6 rings (SSSR count). The maximum Gasteiger partial charge on any atom is 0.254 e. The lowest BCUT2D eigenvalue weighted by molar-refractivity contribution is 0.0184. The number of carbonyl (C=O) groups excluding carboxylic acids is 1. The minimum absolute atomic E-state index is 0.0732. The highest BCUT2D eigenvalue weighted by Gasteiger charge is 2.55. The van der Waals surface area contributed by atoms with Gasteiger partial charge in [0, 0.05) is 30.7 Å². The molecule has 1 amide bonds. The molecule has 6 heteroatoms.